The second kappa shape index (κ2) is 6.57. The van der Waals surface area contributed by atoms with Crippen molar-refractivity contribution >= 4 is 10.9 Å². The molecular formula is C18H20N4O2. The van der Waals surface area contributed by atoms with Crippen molar-refractivity contribution < 1.29 is 9.47 Å². The number of hydrogen-bond acceptors (Lipinski definition) is 5. The van der Waals surface area contributed by atoms with Crippen LogP contribution in [0.1, 0.15) is 23.7 Å². The van der Waals surface area contributed by atoms with Crippen LogP contribution in [0.5, 0.6) is 5.75 Å². The Balaban J connectivity index is 1.41. The van der Waals surface area contributed by atoms with Crippen LogP contribution in [0, 0.1) is 6.92 Å². The number of ether oxygens (including phenoxy) is 2. The minimum Gasteiger partial charge on any atom is -0.489 e. The van der Waals surface area contributed by atoms with Crippen molar-refractivity contribution in [3.8, 4) is 5.75 Å². The van der Waals surface area contributed by atoms with Crippen LogP contribution in [0.3, 0.4) is 0 Å². The fourth-order valence-corrected chi connectivity index (χ4v) is 2.96. The second-order valence-corrected chi connectivity index (χ2v) is 6.10. The first-order valence-electron chi connectivity index (χ1n) is 8.26. The van der Waals surface area contributed by atoms with E-state index in [9.17, 15) is 0 Å². The monoisotopic (exact) mass is 324 g/mol. The molecule has 0 amide bonds. The Hall–Kier alpha value is -2.47. The van der Waals surface area contributed by atoms with Gasteiger partial charge in [0.15, 0.2) is 0 Å². The summed E-state index contributed by atoms with van der Waals surface area (Å²) in [6.45, 7) is 4.73. The van der Waals surface area contributed by atoms with Gasteiger partial charge in [0.2, 0.25) is 0 Å². The molecule has 1 aliphatic heterocycles. The molecule has 1 saturated heterocycles. The normalized spacial score (nSPS) is 17.5. The van der Waals surface area contributed by atoms with Crippen LogP contribution >= 0.6 is 0 Å². The first-order valence-corrected chi connectivity index (χ1v) is 8.26. The summed E-state index contributed by atoms with van der Waals surface area (Å²) in [5.74, 6) is 1.19. The zero-order valence-electron chi connectivity index (χ0n) is 13.7. The highest BCUT2D eigenvalue weighted by atomic mass is 16.5. The number of pyridine rings is 1. The van der Waals surface area contributed by atoms with Gasteiger partial charge in [0.05, 0.1) is 18.8 Å². The molecule has 4 rings (SSSR count). The Labute approximate surface area is 140 Å². The van der Waals surface area contributed by atoms with Gasteiger partial charge >= 0.3 is 0 Å². The van der Waals surface area contributed by atoms with Gasteiger partial charge in [0.25, 0.3) is 0 Å². The molecule has 124 valence electrons. The van der Waals surface area contributed by atoms with Gasteiger partial charge in [0.1, 0.15) is 17.9 Å². The predicted molar refractivity (Wildman–Crippen MR) is 90.2 cm³/mol. The highest BCUT2D eigenvalue weighted by Crippen LogP contribution is 2.24. The Bertz CT molecular complexity index is 840. The van der Waals surface area contributed by atoms with E-state index in [0.29, 0.717) is 19.1 Å². The maximum atomic E-state index is 5.94. The zero-order valence-corrected chi connectivity index (χ0v) is 13.7. The summed E-state index contributed by atoms with van der Waals surface area (Å²) in [6.07, 6.45) is 3.02. The fourth-order valence-electron chi connectivity index (χ4n) is 2.96. The standard InChI is InChI=1S/C18H20N4O2/c1-13-5-6-14-3-2-4-17(18(14)19-13)24-10-8-22-11-16(20-21-22)15-7-9-23-12-15/h2-6,11,15H,7-10,12H2,1H3. The third kappa shape index (κ3) is 3.10. The molecule has 3 heterocycles. The van der Waals surface area contributed by atoms with Gasteiger partial charge in [0, 0.05) is 29.8 Å². The molecule has 0 N–H and O–H groups in total. The van der Waals surface area contributed by atoms with E-state index in [1.807, 2.05) is 42.1 Å². The zero-order chi connectivity index (χ0) is 16.4. The minimum absolute atomic E-state index is 0.380. The lowest BCUT2D eigenvalue weighted by Gasteiger charge is -2.09. The summed E-state index contributed by atoms with van der Waals surface area (Å²) >= 11 is 0. The smallest absolute Gasteiger partial charge is 0.145 e. The third-order valence-electron chi connectivity index (χ3n) is 4.30. The molecule has 1 unspecified atom stereocenters. The molecular weight excluding hydrogens is 304 g/mol. The molecule has 6 heteroatoms. The van der Waals surface area contributed by atoms with E-state index in [2.05, 4.69) is 21.4 Å². The van der Waals surface area contributed by atoms with Crippen LogP contribution < -0.4 is 4.74 Å². The van der Waals surface area contributed by atoms with Gasteiger partial charge in [-0.05, 0) is 25.5 Å². The summed E-state index contributed by atoms with van der Waals surface area (Å²) in [7, 11) is 0. The highest BCUT2D eigenvalue weighted by Gasteiger charge is 2.20. The van der Waals surface area contributed by atoms with Gasteiger partial charge in [-0.1, -0.05) is 23.4 Å². The van der Waals surface area contributed by atoms with Crippen molar-refractivity contribution in [1.29, 1.82) is 0 Å². The van der Waals surface area contributed by atoms with Crippen LogP contribution in [0.4, 0.5) is 0 Å². The number of aryl methyl sites for hydroxylation is 1. The molecule has 0 aliphatic carbocycles. The fraction of sp³-hybridized carbons (Fsp3) is 0.389. The number of rotatable bonds is 5. The molecule has 0 saturated carbocycles. The van der Waals surface area contributed by atoms with E-state index in [0.717, 1.165) is 47.7 Å². The molecule has 0 bridgehead atoms. The molecule has 1 fully saturated rings. The van der Waals surface area contributed by atoms with E-state index in [-0.39, 0.29) is 0 Å². The average molecular weight is 324 g/mol. The van der Waals surface area contributed by atoms with Crippen LogP contribution in [-0.2, 0) is 11.3 Å². The van der Waals surface area contributed by atoms with E-state index in [1.54, 1.807) is 0 Å². The van der Waals surface area contributed by atoms with Crippen LogP contribution in [0.25, 0.3) is 10.9 Å². The number of hydrogen-bond donors (Lipinski definition) is 0. The summed E-state index contributed by atoms with van der Waals surface area (Å²) in [5.41, 5.74) is 2.90. The maximum Gasteiger partial charge on any atom is 0.145 e. The molecule has 2 aromatic heterocycles. The quantitative estimate of drug-likeness (QED) is 0.722. The first kappa shape index (κ1) is 15.1. The topological polar surface area (TPSA) is 62.1 Å². The number of benzene rings is 1. The van der Waals surface area contributed by atoms with Crippen LogP contribution in [0.2, 0.25) is 0 Å². The van der Waals surface area contributed by atoms with E-state index >= 15 is 0 Å². The average Bonchev–Trinajstić information content (AvgIpc) is 3.26. The molecule has 6 nitrogen and oxygen atoms in total. The lowest BCUT2D eigenvalue weighted by molar-refractivity contribution is 0.193. The van der Waals surface area contributed by atoms with E-state index in [1.165, 1.54) is 0 Å². The van der Waals surface area contributed by atoms with Gasteiger partial charge in [-0.3, -0.25) is 0 Å². The van der Waals surface area contributed by atoms with E-state index in [4.69, 9.17) is 9.47 Å². The molecule has 24 heavy (non-hydrogen) atoms. The van der Waals surface area contributed by atoms with Gasteiger partial charge < -0.3 is 9.47 Å². The number of aromatic nitrogens is 4. The first-order chi connectivity index (χ1) is 11.8. The second-order valence-electron chi connectivity index (χ2n) is 6.10. The number of fused-ring (bicyclic) bond motifs is 1. The third-order valence-corrected chi connectivity index (χ3v) is 4.30. The summed E-state index contributed by atoms with van der Waals surface area (Å²) in [4.78, 5) is 4.58. The molecule has 0 radical (unpaired) electrons. The van der Waals surface area contributed by atoms with Crippen molar-refractivity contribution in [1.82, 2.24) is 20.0 Å². The lowest BCUT2D eigenvalue weighted by Crippen LogP contribution is -2.09. The highest BCUT2D eigenvalue weighted by molar-refractivity contribution is 5.84. The van der Waals surface area contributed by atoms with Crippen molar-refractivity contribution in [3.05, 3.63) is 47.9 Å². The SMILES string of the molecule is Cc1ccc2cccc(OCCn3cc(C4CCOC4)nn3)c2n1. The predicted octanol–water partition coefficient (Wildman–Crippen LogP) is 2.72. The van der Waals surface area contributed by atoms with Crippen molar-refractivity contribution in [3.63, 3.8) is 0 Å². The Morgan fingerprint density at radius 2 is 2.25 bits per heavy atom. The molecule has 0 spiro atoms. The Morgan fingerprint density at radius 1 is 1.29 bits per heavy atom. The van der Waals surface area contributed by atoms with Gasteiger partial charge in [-0.25, -0.2) is 9.67 Å². The van der Waals surface area contributed by atoms with Crippen molar-refractivity contribution in [2.75, 3.05) is 19.8 Å². The minimum atomic E-state index is 0.380. The largest absolute Gasteiger partial charge is 0.489 e. The van der Waals surface area contributed by atoms with Crippen molar-refractivity contribution in [2.24, 2.45) is 0 Å². The summed E-state index contributed by atoms with van der Waals surface area (Å²) < 4.78 is 13.2. The van der Waals surface area contributed by atoms with Gasteiger partial charge in [-0.15, -0.1) is 5.10 Å². The maximum absolute atomic E-state index is 5.94. The van der Waals surface area contributed by atoms with Crippen LogP contribution in [-0.4, -0.2) is 39.8 Å². The van der Waals surface area contributed by atoms with Gasteiger partial charge in [-0.2, -0.15) is 0 Å². The van der Waals surface area contributed by atoms with E-state index < -0.39 is 0 Å². The Kier molecular flexibility index (Phi) is 4.13. The molecule has 1 aliphatic rings. The summed E-state index contributed by atoms with van der Waals surface area (Å²) in [5, 5.41) is 9.52. The van der Waals surface area contributed by atoms with Crippen molar-refractivity contribution in [2.45, 2.75) is 25.8 Å². The summed E-state index contributed by atoms with van der Waals surface area (Å²) in [6, 6.07) is 10.1. The molecule has 1 aromatic carbocycles. The number of para-hydroxylation sites is 1. The molecule has 3 aromatic rings. The van der Waals surface area contributed by atoms with Crippen LogP contribution in [0.15, 0.2) is 36.5 Å². The lowest BCUT2D eigenvalue weighted by atomic mass is 10.1. The Morgan fingerprint density at radius 3 is 3.12 bits per heavy atom. The number of nitrogens with zero attached hydrogens (tertiary/aromatic N) is 4. The molecule has 1 atom stereocenters.